The number of para-hydroxylation sites is 1. The van der Waals surface area contributed by atoms with Gasteiger partial charge in [0.2, 0.25) is 10.0 Å². The second kappa shape index (κ2) is 8.43. The van der Waals surface area contributed by atoms with Crippen molar-refractivity contribution in [1.82, 2.24) is 14.3 Å². The number of rotatable bonds is 4. The topological polar surface area (TPSA) is 69.6 Å². The largest absolute Gasteiger partial charge is 0.368 e. The van der Waals surface area contributed by atoms with Crippen LogP contribution in [0.4, 0.5) is 11.5 Å². The van der Waals surface area contributed by atoms with Gasteiger partial charge in [0, 0.05) is 45.0 Å². The van der Waals surface area contributed by atoms with Crippen molar-refractivity contribution in [2.75, 3.05) is 49.1 Å². The highest BCUT2D eigenvalue weighted by atomic mass is 32.2. The summed E-state index contributed by atoms with van der Waals surface area (Å²) in [7, 11) is -3.47. The zero-order valence-electron chi connectivity index (χ0n) is 17.5. The van der Waals surface area contributed by atoms with Gasteiger partial charge in [0.1, 0.15) is 5.82 Å². The van der Waals surface area contributed by atoms with Gasteiger partial charge in [0.15, 0.2) is 0 Å². The number of anilines is 2. The van der Waals surface area contributed by atoms with Crippen LogP contribution < -0.4 is 9.80 Å². The zero-order valence-corrected chi connectivity index (χ0v) is 18.3. The van der Waals surface area contributed by atoms with Gasteiger partial charge in [0.25, 0.3) is 0 Å². The number of hydrogen-bond acceptors (Lipinski definition) is 6. The molecule has 2 aromatic carbocycles. The Morgan fingerprint density at radius 3 is 2.19 bits per heavy atom. The van der Waals surface area contributed by atoms with Crippen LogP contribution in [0.1, 0.15) is 19.3 Å². The summed E-state index contributed by atoms with van der Waals surface area (Å²) in [5.41, 5.74) is 2.58. The van der Waals surface area contributed by atoms with Gasteiger partial charge in [0.05, 0.1) is 22.1 Å². The van der Waals surface area contributed by atoms with Gasteiger partial charge in [-0.1, -0.05) is 24.6 Å². The molecule has 2 fully saturated rings. The zero-order chi connectivity index (χ0) is 21.3. The minimum atomic E-state index is -3.47. The lowest BCUT2D eigenvalue weighted by molar-refractivity contribution is 0.346. The molecule has 1 aromatic heterocycles. The normalized spacial score (nSPS) is 18.5. The van der Waals surface area contributed by atoms with Crippen LogP contribution in [-0.4, -0.2) is 62.0 Å². The first-order chi connectivity index (χ1) is 15.1. The van der Waals surface area contributed by atoms with Crippen molar-refractivity contribution >= 4 is 32.6 Å². The van der Waals surface area contributed by atoms with Gasteiger partial charge in [-0.05, 0) is 43.2 Å². The van der Waals surface area contributed by atoms with Crippen molar-refractivity contribution in [1.29, 1.82) is 0 Å². The predicted molar refractivity (Wildman–Crippen MR) is 123 cm³/mol. The molecule has 8 heteroatoms. The van der Waals surface area contributed by atoms with E-state index in [2.05, 4.69) is 39.0 Å². The first-order valence-electron chi connectivity index (χ1n) is 10.9. The predicted octanol–water partition coefficient (Wildman–Crippen LogP) is 3.13. The molecule has 2 saturated heterocycles. The number of nitrogens with zero attached hydrogens (tertiary/aromatic N) is 5. The lowest BCUT2D eigenvalue weighted by atomic mass is 10.2. The quantitative estimate of drug-likeness (QED) is 0.625. The maximum absolute atomic E-state index is 13.0. The van der Waals surface area contributed by atoms with Crippen LogP contribution in [0.2, 0.25) is 0 Å². The third-order valence-corrected chi connectivity index (χ3v) is 8.07. The minimum absolute atomic E-state index is 0.306. The van der Waals surface area contributed by atoms with E-state index in [1.54, 1.807) is 28.7 Å². The molecule has 0 radical (unpaired) electrons. The number of fused-ring (bicyclic) bond motifs is 1. The fourth-order valence-corrected chi connectivity index (χ4v) is 5.92. The van der Waals surface area contributed by atoms with Crippen LogP contribution >= 0.6 is 0 Å². The maximum Gasteiger partial charge on any atom is 0.243 e. The molecule has 3 aromatic rings. The molecular weight excluding hydrogens is 410 g/mol. The Labute approximate surface area is 183 Å². The minimum Gasteiger partial charge on any atom is -0.368 e. The summed E-state index contributed by atoms with van der Waals surface area (Å²) in [6.45, 7) is 4.79. The van der Waals surface area contributed by atoms with Crippen molar-refractivity contribution in [2.45, 2.75) is 24.2 Å². The maximum atomic E-state index is 13.0. The summed E-state index contributed by atoms with van der Waals surface area (Å²) in [4.78, 5) is 14.2. The van der Waals surface area contributed by atoms with Crippen molar-refractivity contribution in [3.8, 4) is 0 Å². The number of piperazine rings is 1. The summed E-state index contributed by atoms with van der Waals surface area (Å²) >= 11 is 0. The van der Waals surface area contributed by atoms with Crippen LogP contribution in [0, 0.1) is 0 Å². The fraction of sp³-hybridized carbons (Fsp3) is 0.391. The average Bonchev–Trinajstić information content (AvgIpc) is 2.84. The standard InChI is InChI=1S/C23H27N5O2S/c29-31(30,28-11-5-2-6-12-28)20-9-10-21-22(17-20)24-18-23(25-21)27-15-13-26(14-16-27)19-7-3-1-4-8-19/h1,3-4,7-10,17-18H,2,5-6,11-16H2. The summed E-state index contributed by atoms with van der Waals surface area (Å²) in [6.07, 6.45) is 4.70. The number of aromatic nitrogens is 2. The molecule has 0 atom stereocenters. The SMILES string of the molecule is O=S(=O)(c1ccc2nc(N3CCN(c4ccccc4)CC3)cnc2c1)N1CCCCC1. The number of hydrogen-bond donors (Lipinski definition) is 0. The molecule has 0 amide bonds. The molecule has 0 spiro atoms. The highest BCUT2D eigenvalue weighted by Gasteiger charge is 2.26. The number of piperidine rings is 1. The van der Waals surface area contributed by atoms with E-state index in [4.69, 9.17) is 4.98 Å². The smallest absolute Gasteiger partial charge is 0.243 e. The van der Waals surface area contributed by atoms with Gasteiger partial charge in [-0.25, -0.2) is 13.4 Å². The fourth-order valence-electron chi connectivity index (χ4n) is 4.38. The van der Waals surface area contributed by atoms with Crippen molar-refractivity contribution in [3.05, 3.63) is 54.7 Å². The molecular formula is C23H27N5O2S. The second-order valence-electron chi connectivity index (χ2n) is 8.15. The van der Waals surface area contributed by atoms with Crippen LogP contribution in [-0.2, 0) is 10.0 Å². The summed E-state index contributed by atoms with van der Waals surface area (Å²) in [5.74, 6) is 0.840. The van der Waals surface area contributed by atoms with Crippen LogP contribution in [0.15, 0.2) is 59.6 Å². The van der Waals surface area contributed by atoms with Crippen molar-refractivity contribution in [2.24, 2.45) is 0 Å². The van der Waals surface area contributed by atoms with E-state index in [-0.39, 0.29) is 0 Å². The van der Waals surface area contributed by atoms with E-state index in [1.807, 2.05) is 6.07 Å². The highest BCUT2D eigenvalue weighted by Crippen LogP contribution is 2.25. The molecule has 31 heavy (non-hydrogen) atoms. The van der Waals surface area contributed by atoms with E-state index in [0.29, 0.717) is 23.5 Å². The lowest BCUT2D eigenvalue weighted by Gasteiger charge is -2.36. The van der Waals surface area contributed by atoms with Gasteiger partial charge in [-0.2, -0.15) is 4.31 Å². The molecule has 5 rings (SSSR count). The molecule has 2 aliphatic rings. The van der Waals surface area contributed by atoms with Gasteiger partial charge in [-0.3, -0.25) is 4.98 Å². The molecule has 0 aliphatic carbocycles. The summed E-state index contributed by atoms with van der Waals surface area (Å²) in [5, 5.41) is 0. The monoisotopic (exact) mass is 437 g/mol. The highest BCUT2D eigenvalue weighted by molar-refractivity contribution is 7.89. The first-order valence-corrected chi connectivity index (χ1v) is 12.4. The Morgan fingerprint density at radius 1 is 0.742 bits per heavy atom. The Bertz CT molecular complexity index is 1160. The van der Waals surface area contributed by atoms with E-state index < -0.39 is 10.0 Å². The summed E-state index contributed by atoms with van der Waals surface area (Å²) < 4.78 is 27.5. The Morgan fingerprint density at radius 2 is 1.45 bits per heavy atom. The van der Waals surface area contributed by atoms with E-state index in [1.165, 1.54) is 5.69 Å². The van der Waals surface area contributed by atoms with Crippen LogP contribution in [0.5, 0.6) is 0 Å². The Kier molecular flexibility index (Phi) is 5.50. The number of sulfonamides is 1. The lowest BCUT2D eigenvalue weighted by Crippen LogP contribution is -2.46. The van der Waals surface area contributed by atoms with Gasteiger partial charge in [-0.15, -0.1) is 0 Å². The summed E-state index contributed by atoms with van der Waals surface area (Å²) in [6, 6.07) is 15.5. The van der Waals surface area contributed by atoms with Crippen LogP contribution in [0.25, 0.3) is 11.0 Å². The van der Waals surface area contributed by atoms with Crippen LogP contribution in [0.3, 0.4) is 0 Å². The molecule has 0 N–H and O–H groups in total. The molecule has 3 heterocycles. The second-order valence-corrected chi connectivity index (χ2v) is 10.1. The number of benzene rings is 2. The van der Waals surface area contributed by atoms with E-state index in [0.717, 1.165) is 56.8 Å². The molecule has 0 bridgehead atoms. The Balaban J connectivity index is 1.32. The van der Waals surface area contributed by atoms with Gasteiger partial charge < -0.3 is 9.80 Å². The molecule has 0 unspecified atom stereocenters. The van der Waals surface area contributed by atoms with E-state index in [9.17, 15) is 8.42 Å². The molecule has 7 nitrogen and oxygen atoms in total. The average molecular weight is 438 g/mol. The van der Waals surface area contributed by atoms with Crippen molar-refractivity contribution in [3.63, 3.8) is 0 Å². The first kappa shape index (κ1) is 20.2. The Hall–Kier alpha value is -2.71. The van der Waals surface area contributed by atoms with Gasteiger partial charge >= 0.3 is 0 Å². The molecule has 162 valence electrons. The molecule has 0 saturated carbocycles. The van der Waals surface area contributed by atoms with E-state index >= 15 is 0 Å². The third kappa shape index (κ3) is 4.09. The van der Waals surface area contributed by atoms with Crippen molar-refractivity contribution < 1.29 is 8.42 Å². The molecule has 2 aliphatic heterocycles. The third-order valence-electron chi connectivity index (χ3n) is 6.18.